The highest BCUT2D eigenvalue weighted by Gasteiger charge is 2.33. The van der Waals surface area contributed by atoms with E-state index in [0.29, 0.717) is 24.3 Å². The molecular weight excluding hydrogens is 489 g/mol. The largest absolute Gasteiger partial charge is 0.356 e. The number of hydrogen-bond acceptors (Lipinski definition) is 4. The van der Waals surface area contributed by atoms with Crippen molar-refractivity contribution in [2.24, 2.45) is 7.05 Å². The third-order valence-electron chi connectivity index (χ3n) is 6.02. The van der Waals surface area contributed by atoms with Crippen molar-refractivity contribution in [1.82, 2.24) is 14.8 Å². The molecule has 0 atom stereocenters. The van der Waals surface area contributed by atoms with E-state index in [4.69, 9.17) is 0 Å². The number of pyridine rings is 1. The molecule has 0 N–H and O–H groups in total. The lowest BCUT2D eigenvalue weighted by Crippen LogP contribution is -2.28. The normalized spacial score (nSPS) is 14.1. The molecule has 3 heterocycles. The summed E-state index contributed by atoms with van der Waals surface area (Å²) in [7, 11) is 1.82. The molecule has 0 aliphatic carbocycles. The van der Waals surface area contributed by atoms with Gasteiger partial charge < -0.3 is 4.90 Å². The molecule has 210 valence electrons. The summed E-state index contributed by atoms with van der Waals surface area (Å²) in [5.74, 6) is -2.37. The predicted molar refractivity (Wildman–Crippen MR) is 151 cm³/mol. The Morgan fingerprint density at radius 3 is 2.18 bits per heavy atom. The SMILES string of the molecule is CC.CC.CC(=O)c1c(N2CCCC(F)(F)CC2)ncc(-c2cnn(C)c2)c1C.Cc1ccc(F)c(C)c1. The molecular formula is C30H43F3N4O. The fraction of sp³-hybridized carbons (Fsp3) is 0.500. The van der Waals surface area contributed by atoms with Crippen molar-refractivity contribution in [2.75, 3.05) is 18.0 Å². The first kappa shape index (κ1) is 32.9. The number of aromatic nitrogens is 3. The number of ketones is 1. The third kappa shape index (κ3) is 8.99. The summed E-state index contributed by atoms with van der Waals surface area (Å²) in [6.45, 7) is 15.8. The van der Waals surface area contributed by atoms with Gasteiger partial charge in [0.25, 0.3) is 0 Å². The number of alkyl halides is 2. The zero-order chi connectivity index (χ0) is 29.0. The summed E-state index contributed by atoms with van der Waals surface area (Å²) in [5, 5.41) is 4.16. The van der Waals surface area contributed by atoms with Gasteiger partial charge in [-0.2, -0.15) is 5.10 Å². The van der Waals surface area contributed by atoms with Crippen LogP contribution in [0, 0.1) is 26.6 Å². The van der Waals surface area contributed by atoms with Crippen molar-refractivity contribution < 1.29 is 18.0 Å². The molecule has 1 aliphatic rings. The Hall–Kier alpha value is -3.16. The van der Waals surface area contributed by atoms with Crippen LogP contribution < -0.4 is 4.90 Å². The van der Waals surface area contributed by atoms with E-state index < -0.39 is 5.92 Å². The lowest BCUT2D eigenvalue weighted by molar-refractivity contribution is -0.0102. The van der Waals surface area contributed by atoms with Crippen LogP contribution in [0.4, 0.5) is 19.0 Å². The molecule has 0 unspecified atom stereocenters. The number of halogens is 3. The molecule has 0 spiro atoms. The Labute approximate surface area is 226 Å². The number of carbonyl (C=O) groups excluding carboxylic acids is 1. The number of hydrogen-bond donors (Lipinski definition) is 0. The van der Waals surface area contributed by atoms with Crippen LogP contribution in [-0.4, -0.2) is 39.6 Å². The molecule has 38 heavy (non-hydrogen) atoms. The summed E-state index contributed by atoms with van der Waals surface area (Å²) in [4.78, 5) is 18.6. The summed E-state index contributed by atoms with van der Waals surface area (Å²) in [6.07, 6.45) is 5.34. The smallest absolute Gasteiger partial charge is 0.249 e. The Morgan fingerprint density at radius 1 is 1.00 bits per heavy atom. The van der Waals surface area contributed by atoms with E-state index in [9.17, 15) is 18.0 Å². The van der Waals surface area contributed by atoms with Crippen LogP contribution in [0.25, 0.3) is 11.1 Å². The fourth-order valence-electron chi connectivity index (χ4n) is 4.17. The van der Waals surface area contributed by atoms with Gasteiger partial charge in [-0.1, -0.05) is 45.4 Å². The monoisotopic (exact) mass is 532 g/mol. The van der Waals surface area contributed by atoms with E-state index in [0.717, 1.165) is 27.8 Å². The van der Waals surface area contributed by atoms with E-state index in [-0.39, 0.29) is 31.0 Å². The van der Waals surface area contributed by atoms with Gasteiger partial charge in [0.2, 0.25) is 5.92 Å². The van der Waals surface area contributed by atoms with Crippen LogP contribution in [0.1, 0.15) is 80.9 Å². The van der Waals surface area contributed by atoms with E-state index in [2.05, 4.69) is 10.1 Å². The van der Waals surface area contributed by atoms with E-state index in [1.54, 1.807) is 30.1 Å². The van der Waals surface area contributed by atoms with Gasteiger partial charge in [0.1, 0.15) is 11.6 Å². The molecule has 1 saturated heterocycles. The number of nitrogens with zero attached hydrogens (tertiary/aromatic N) is 4. The van der Waals surface area contributed by atoms with Crippen LogP contribution in [0.5, 0.6) is 0 Å². The van der Waals surface area contributed by atoms with Crippen LogP contribution in [0.3, 0.4) is 0 Å². The number of Topliss-reactive ketones (excluding diaryl/α,β-unsaturated/α-hetero) is 1. The summed E-state index contributed by atoms with van der Waals surface area (Å²) < 4.78 is 41.5. The fourth-order valence-corrected chi connectivity index (χ4v) is 4.17. The lowest BCUT2D eigenvalue weighted by atomic mass is 9.98. The van der Waals surface area contributed by atoms with E-state index in [1.807, 2.05) is 65.8 Å². The molecule has 3 aromatic rings. The molecule has 2 aromatic heterocycles. The Kier molecular flexibility index (Phi) is 13.2. The van der Waals surface area contributed by atoms with Gasteiger partial charge in [-0.05, 0) is 51.3 Å². The van der Waals surface area contributed by atoms with Crippen LogP contribution in [0.2, 0.25) is 0 Å². The van der Waals surface area contributed by atoms with Gasteiger partial charge in [-0.15, -0.1) is 0 Å². The predicted octanol–water partition coefficient (Wildman–Crippen LogP) is 8.11. The second kappa shape index (κ2) is 15.3. The number of benzene rings is 1. The van der Waals surface area contributed by atoms with Gasteiger partial charge >= 0.3 is 0 Å². The van der Waals surface area contributed by atoms with Crippen LogP contribution >= 0.6 is 0 Å². The first-order valence-electron chi connectivity index (χ1n) is 13.3. The molecule has 4 rings (SSSR count). The molecule has 5 nitrogen and oxygen atoms in total. The zero-order valence-electron chi connectivity index (χ0n) is 24.3. The molecule has 1 aliphatic heterocycles. The molecule has 0 bridgehead atoms. The van der Waals surface area contributed by atoms with Gasteiger partial charge in [0, 0.05) is 56.5 Å². The molecule has 0 radical (unpaired) electrons. The first-order chi connectivity index (χ1) is 18.0. The molecule has 1 fully saturated rings. The topological polar surface area (TPSA) is 51.0 Å². The Balaban J connectivity index is 0.000000464. The zero-order valence-corrected chi connectivity index (χ0v) is 24.3. The number of carbonyl (C=O) groups is 1. The Bertz CT molecular complexity index is 1170. The molecule has 1 aromatic carbocycles. The van der Waals surface area contributed by atoms with Crippen LogP contribution in [0.15, 0.2) is 36.8 Å². The maximum Gasteiger partial charge on any atom is 0.249 e. The van der Waals surface area contributed by atoms with Gasteiger partial charge in [0.15, 0.2) is 5.78 Å². The number of anilines is 1. The maximum atomic E-state index is 13.7. The van der Waals surface area contributed by atoms with Gasteiger partial charge in [-0.3, -0.25) is 9.48 Å². The summed E-state index contributed by atoms with van der Waals surface area (Å²) >= 11 is 0. The first-order valence-corrected chi connectivity index (χ1v) is 13.3. The standard InChI is InChI=1S/C18H22F2N4O.C8H9F.2C2H6/c1-12-15(14-9-22-23(3)11-14)10-21-17(16(12)13(2)25)24-7-4-5-18(19,20)6-8-24;1-6-3-4-8(9)7(2)5-6;2*1-2/h9-11H,4-8H2,1-3H3;3-5H,1-2H3;2*1-2H3. The molecule has 0 saturated carbocycles. The lowest BCUT2D eigenvalue weighted by Gasteiger charge is -2.25. The second-order valence-corrected chi connectivity index (χ2v) is 8.90. The molecule has 8 heteroatoms. The summed E-state index contributed by atoms with van der Waals surface area (Å²) in [6, 6.07) is 5.09. The third-order valence-corrected chi connectivity index (χ3v) is 6.02. The van der Waals surface area contributed by atoms with Gasteiger partial charge in [0.05, 0.1) is 11.8 Å². The van der Waals surface area contributed by atoms with Crippen molar-refractivity contribution in [3.63, 3.8) is 0 Å². The van der Waals surface area contributed by atoms with Crippen molar-refractivity contribution >= 4 is 11.6 Å². The molecule has 0 amide bonds. The van der Waals surface area contributed by atoms with Gasteiger partial charge in [-0.25, -0.2) is 18.2 Å². The Morgan fingerprint density at radius 2 is 1.66 bits per heavy atom. The minimum atomic E-state index is -2.64. The van der Waals surface area contributed by atoms with Crippen LogP contribution in [-0.2, 0) is 7.05 Å². The van der Waals surface area contributed by atoms with E-state index >= 15 is 0 Å². The average Bonchev–Trinajstić information content (AvgIpc) is 3.23. The average molecular weight is 533 g/mol. The highest BCUT2D eigenvalue weighted by atomic mass is 19.3. The van der Waals surface area contributed by atoms with Crippen molar-refractivity contribution in [1.29, 1.82) is 0 Å². The van der Waals surface area contributed by atoms with Crippen molar-refractivity contribution in [3.8, 4) is 11.1 Å². The number of rotatable bonds is 3. The number of aryl methyl sites for hydroxylation is 3. The summed E-state index contributed by atoms with van der Waals surface area (Å²) in [5.41, 5.74) is 4.85. The van der Waals surface area contributed by atoms with E-state index in [1.165, 1.54) is 13.0 Å². The van der Waals surface area contributed by atoms with Crippen molar-refractivity contribution in [3.05, 3.63) is 64.9 Å². The second-order valence-electron chi connectivity index (χ2n) is 8.90. The highest BCUT2D eigenvalue weighted by molar-refractivity contribution is 6.02. The maximum absolute atomic E-state index is 13.7. The minimum Gasteiger partial charge on any atom is -0.356 e. The van der Waals surface area contributed by atoms with Crippen molar-refractivity contribution in [2.45, 2.75) is 80.6 Å². The highest BCUT2D eigenvalue weighted by Crippen LogP contribution is 2.34. The minimum absolute atomic E-state index is 0.109. The quantitative estimate of drug-likeness (QED) is 0.320.